The first-order valence-corrected chi connectivity index (χ1v) is 4.72. The van der Waals surface area contributed by atoms with Crippen LogP contribution in [0, 0.1) is 0 Å². The molecule has 1 unspecified atom stereocenters. The molecule has 1 atom stereocenters. The molecule has 1 aromatic rings. The van der Waals surface area contributed by atoms with Crippen molar-refractivity contribution in [2.75, 3.05) is 0 Å². The van der Waals surface area contributed by atoms with Crippen LogP contribution < -0.4 is 4.84 Å². The van der Waals surface area contributed by atoms with Crippen LogP contribution in [0.1, 0.15) is 18.0 Å². The maximum atomic E-state index is 10.5. The minimum absolute atomic E-state index is 0.0644. The molecule has 0 aliphatic heterocycles. The lowest BCUT2D eigenvalue weighted by Crippen LogP contribution is -2.15. The Morgan fingerprint density at radius 3 is 2.43 bits per heavy atom. The van der Waals surface area contributed by atoms with Gasteiger partial charge in [0.05, 0.1) is 12.5 Å². The Morgan fingerprint density at radius 1 is 1.43 bits per heavy atom. The fourth-order valence-electron chi connectivity index (χ4n) is 1.09. The third-order valence-electron chi connectivity index (χ3n) is 1.78. The van der Waals surface area contributed by atoms with E-state index in [0.717, 1.165) is 5.56 Å². The Hall–Kier alpha value is -0.770. The van der Waals surface area contributed by atoms with Crippen LogP contribution in [0.5, 0.6) is 0 Å². The zero-order chi connectivity index (χ0) is 10.6. The van der Waals surface area contributed by atoms with Gasteiger partial charge in [0.2, 0.25) is 0 Å². The number of hydrogen-bond acceptors (Lipinski definition) is 2. The van der Waals surface area contributed by atoms with Crippen molar-refractivity contribution in [2.45, 2.75) is 12.5 Å². The van der Waals surface area contributed by atoms with Crippen LogP contribution in [0.2, 0.25) is 5.02 Å². The minimum atomic E-state index is -0.905. The summed E-state index contributed by atoms with van der Waals surface area (Å²) in [6.07, 6.45) is -0.0644. The molecule has 0 aromatic heterocycles. The lowest BCUT2D eigenvalue weighted by molar-refractivity contribution is -0.137. The Bertz CT molecular complexity index is 313. The van der Waals surface area contributed by atoms with Crippen molar-refractivity contribution in [1.29, 1.82) is 0 Å². The van der Waals surface area contributed by atoms with Crippen LogP contribution in [-0.2, 0) is 4.79 Å². The average Bonchev–Trinajstić information content (AvgIpc) is 2.15. The number of aliphatic carboxylic acids is 1. The summed E-state index contributed by atoms with van der Waals surface area (Å²) < 4.78 is 0. The van der Waals surface area contributed by atoms with Gasteiger partial charge in [0.25, 0.3) is 0 Å². The second-order valence-electron chi connectivity index (χ2n) is 2.81. The number of hydrogen-bond donors (Lipinski definition) is 2. The highest BCUT2D eigenvalue weighted by Gasteiger charge is 2.13. The van der Waals surface area contributed by atoms with Gasteiger partial charge in [-0.25, -0.2) is 4.84 Å². The fraction of sp³-hybridized carbons (Fsp3) is 0.222. The molecule has 5 heteroatoms. The molecular formula is C9H9Cl2NO2. The van der Waals surface area contributed by atoms with E-state index in [1.54, 1.807) is 24.3 Å². The van der Waals surface area contributed by atoms with Gasteiger partial charge in [0, 0.05) is 5.02 Å². The van der Waals surface area contributed by atoms with Crippen LogP contribution in [0.15, 0.2) is 24.3 Å². The lowest BCUT2D eigenvalue weighted by Gasteiger charge is -2.12. The number of carboxylic acid groups (broad SMARTS) is 1. The lowest BCUT2D eigenvalue weighted by atomic mass is 10.1. The normalized spacial score (nSPS) is 12.4. The van der Waals surface area contributed by atoms with Gasteiger partial charge >= 0.3 is 5.97 Å². The quantitative estimate of drug-likeness (QED) is 0.787. The SMILES string of the molecule is O=C(O)CC(NCl)c1ccc(Cl)cc1. The highest BCUT2D eigenvalue weighted by Crippen LogP contribution is 2.19. The molecule has 1 rings (SSSR count). The molecule has 0 amide bonds. The van der Waals surface area contributed by atoms with Gasteiger partial charge in [-0.05, 0) is 29.5 Å². The zero-order valence-corrected chi connectivity index (χ0v) is 8.72. The Labute approximate surface area is 91.8 Å². The first-order valence-electron chi connectivity index (χ1n) is 3.97. The Kier molecular flexibility index (Phi) is 4.20. The van der Waals surface area contributed by atoms with Crippen molar-refractivity contribution >= 4 is 29.3 Å². The van der Waals surface area contributed by atoms with Crippen molar-refractivity contribution in [2.24, 2.45) is 0 Å². The van der Waals surface area contributed by atoms with Gasteiger partial charge in [0.1, 0.15) is 0 Å². The first kappa shape index (κ1) is 11.3. The molecular weight excluding hydrogens is 225 g/mol. The summed E-state index contributed by atoms with van der Waals surface area (Å²) in [5.74, 6) is -0.905. The summed E-state index contributed by atoms with van der Waals surface area (Å²) in [6, 6.07) is 6.47. The molecule has 0 aliphatic carbocycles. The summed E-state index contributed by atoms with van der Waals surface area (Å²) in [5.41, 5.74) is 0.798. The van der Waals surface area contributed by atoms with Crippen molar-refractivity contribution < 1.29 is 9.90 Å². The maximum Gasteiger partial charge on any atom is 0.305 e. The number of benzene rings is 1. The van der Waals surface area contributed by atoms with Gasteiger partial charge in [-0.1, -0.05) is 23.7 Å². The standard InChI is InChI=1S/C9H9Cl2NO2/c10-7-3-1-6(2-4-7)8(12-11)5-9(13)14/h1-4,8,12H,5H2,(H,13,14). The van der Waals surface area contributed by atoms with Gasteiger partial charge in [0.15, 0.2) is 0 Å². The number of rotatable bonds is 4. The molecule has 0 bridgehead atoms. The molecule has 14 heavy (non-hydrogen) atoms. The summed E-state index contributed by atoms with van der Waals surface area (Å²) in [4.78, 5) is 12.9. The second kappa shape index (κ2) is 5.20. The highest BCUT2D eigenvalue weighted by atomic mass is 35.5. The highest BCUT2D eigenvalue weighted by molar-refractivity contribution is 6.30. The van der Waals surface area contributed by atoms with E-state index in [0.29, 0.717) is 5.02 Å². The molecule has 1 aromatic carbocycles. The fourth-order valence-corrected chi connectivity index (χ4v) is 1.42. The van der Waals surface area contributed by atoms with Gasteiger partial charge in [-0.2, -0.15) is 0 Å². The summed E-state index contributed by atoms with van der Waals surface area (Å²) >= 11 is 11.1. The van der Waals surface area contributed by atoms with Crippen LogP contribution in [-0.4, -0.2) is 11.1 Å². The number of carbonyl (C=O) groups is 1. The summed E-state index contributed by atoms with van der Waals surface area (Å²) in [7, 11) is 0. The molecule has 0 radical (unpaired) electrons. The van der Waals surface area contributed by atoms with Crippen LogP contribution in [0.25, 0.3) is 0 Å². The maximum absolute atomic E-state index is 10.5. The van der Waals surface area contributed by atoms with Crippen LogP contribution >= 0.6 is 23.4 Å². The second-order valence-corrected chi connectivity index (χ2v) is 3.47. The molecule has 0 saturated heterocycles. The summed E-state index contributed by atoms with van der Waals surface area (Å²) in [5, 5.41) is 9.21. The average molecular weight is 234 g/mol. The van der Waals surface area contributed by atoms with E-state index in [9.17, 15) is 4.79 Å². The largest absolute Gasteiger partial charge is 0.481 e. The third kappa shape index (κ3) is 3.18. The van der Waals surface area contributed by atoms with Crippen molar-refractivity contribution in [3.63, 3.8) is 0 Å². The Balaban J connectivity index is 2.78. The smallest absolute Gasteiger partial charge is 0.305 e. The van der Waals surface area contributed by atoms with Gasteiger partial charge < -0.3 is 5.11 Å². The van der Waals surface area contributed by atoms with E-state index in [-0.39, 0.29) is 6.42 Å². The molecule has 0 saturated carbocycles. The monoisotopic (exact) mass is 233 g/mol. The predicted octanol–water partition coefficient (Wildman–Crippen LogP) is 2.60. The molecule has 0 spiro atoms. The van der Waals surface area contributed by atoms with E-state index >= 15 is 0 Å². The van der Waals surface area contributed by atoms with Crippen LogP contribution in [0.4, 0.5) is 0 Å². The van der Waals surface area contributed by atoms with Gasteiger partial charge in [-0.3, -0.25) is 4.79 Å². The molecule has 3 nitrogen and oxygen atoms in total. The molecule has 76 valence electrons. The molecule has 2 N–H and O–H groups in total. The van der Waals surface area contributed by atoms with E-state index in [2.05, 4.69) is 4.84 Å². The topological polar surface area (TPSA) is 49.3 Å². The first-order chi connectivity index (χ1) is 6.63. The zero-order valence-electron chi connectivity index (χ0n) is 7.21. The number of halogens is 2. The van der Waals surface area contributed by atoms with E-state index < -0.39 is 12.0 Å². The van der Waals surface area contributed by atoms with Crippen molar-refractivity contribution in [1.82, 2.24) is 4.84 Å². The van der Waals surface area contributed by atoms with Crippen molar-refractivity contribution in [3.05, 3.63) is 34.9 Å². The number of nitrogens with one attached hydrogen (secondary N) is 1. The molecule has 0 heterocycles. The van der Waals surface area contributed by atoms with E-state index in [1.165, 1.54) is 0 Å². The molecule has 0 fully saturated rings. The minimum Gasteiger partial charge on any atom is -0.481 e. The van der Waals surface area contributed by atoms with Crippen LogP contribution in [0.3, 0.4) is 0 Å². The van der Waals surface area contributed by atoms with E-state index in [4.69, 9.17) is 28.5 Å². The Morgan fingerprint density at radius 2 is 2.00 bits per heavy atom. The van der Waals surface area contributed by atoms with Crippen molar-refractivity contribution in [3.8, 4) is 0 Å². The molecule has 0 aliphatic rings. The van der Waals surface area contributed by atoms with Gasteiger partial charge in [-0.15, -0.1) is 0 Å². The third-order valence-corrected chi connectivity index (χ3v) is 2.30. The summed E-state index contributed by atoms with van der Waals surface area (Å²) in [6.45, 7) is 0. The predicted molar refractivity (Wildman–Crippen MR) is 55.4 cm³/mol. The van der Waals surface area contributed by atoms with E-state index in [1.807, 2.05) is 0 Å². The number of carboxylic acids is 1.